The molecule has 4 heterocycles. The molecule has 2 saturated heterocycles. The van der Waals surface area contributed by atoms with Crippen LogP contribution >= 0.6 is 0 Å². The molecule has 5 aliphatic rings. The Balaban J connectivity index is 1.29. The summed E-state index contributed by atoms with van der Waals surface area (Å²) in [7, 11) is -2.50. The SMILES string of the molecule is COc1ccc2c(O[C@@H]3C[C@H]4C(=O)N[C@]5(C(=O)NS(=O)(=O)C6CC6)C[C@H]5/C=C\CC[C@H](C)C[C@@H](C)[C@H](N(C(=O)O)[C@H](C)C(F)(F)F)C(=O)N4C3)nc(N3CCOCC3)cc2c1. The van der Waals surface area contributed by atoms with Gasteiger partial charge in [0.2, 0.25) is 27.7 Å². The number of amides is 4. The molecule has 3 N–H and O–H groups in total. The Hall–Kier alpha value is -4.85. The van der Waals surface area contributed by atoms with E-state index in [9.17, 15) is 41.1 Å². The highest BCUT2D eigenvalue weighted by atomic mass is 32.2. The lowest BCUT2D eigenvalue weighted by Gasteiger charge is -2.40. The van der Waals surface area contributed by atoms with Gasteiger partial charge in [0.1, 0.15) is 41.3 Å². The van der Waals surface area contributed by atoms with Crippen molar-refractivity contribution in [3.63, 3.8) is 0 Å². The van der Waals surface area contributed by atoms with E-state index in [1.807, 2.05) is 24.0 Å². The number of aromatic nitrogens is 1. The molecule has 2 saturated carbocycles. The smallest absolute Gasteiger partial charge is 0.408 e. The number of alkyl halides is 3. The van der Waals surface area contributed by atoms with Crippen molar-refractivity contribution in [1.82, 2.24) is 24.8 Å². The van der Waals surface area contributed by atoms with Crippen LogP contribution in [0.1, 0.15) is 65.7 Å². The summed E-state index contributed by atoms with van der Waals surface area (Å²) in [4.78, 5) is 64.4. The zero-order valence-corrected chi connectivity index (χ0v) is 35.3. The van der Waals surface area contributed by atoms with Gasteiger partial charge < -0.3 is 34.4 Å². The fourth-order valence-electron chi connectivity index (χ4n) is 8.87. The number of fused-ring (bicyclic) bond motifs is 3. The lowest BCUT2D eigenvalue weighted by atomic mass is 9.86. The van der Waals surface area contributed by atoms with Crippen LogP contribution in [0.3, 0.4) is 0 Å². The second-order valence-electron chi connectivity index (χ2n) is 17.1. The number of pyridine rings is 1. The molecule has 8 atom stereocenters. The largest absolute Gasteiger partial charge is 0.497 e. The summed E-state index contributed by atoms with van der Waals surface area (Å²) in [5.41, 5.74) is -1.71. The molecule has 16 nitrogen and oxygen atoms in total. The third-order valence-corrected chi connectivity index (χ3v) is 14.4. The number of allylic oxidation sites excluding steroid dienone is 1. The van der Waals surface area contributed by atoms with Crippen molar-refractivity contribution < 1.29 is 60.1 Å². The quantitative estimate of drug-likeness (QED) is 0.304. The Morgan fingerprint density at radius 1 is 1.11 bits per heavy atom. The first kappa shape index (κ1) is 44.2. The van der Waals surface area contributed by atoms with Gasteiger partial charge in [-0.05, 0) is 86.9 Å². The first-order chi connectivity index (χ1) is 28.8. The number of hydrogen-bond donors (Lipinski definition) is 3. The molecule has 61 heavy (non-hydrogen) atoms. The monoisotopic (exact) mass is 878 g/mol. The highest BCUT2D eigenvalue weighted by Crippen LogP contribution is 2.46. The zero-order valence-electron chi connectivity index (χ0n) is 34.5. The van der Waals surface area contributed by atoms with Crippen molar-refractivity contribution in [2.24, 2.45) is 17.8 Å². The molecule has 3 aliphatic heterocycles. The first-order valence-electron chi connectivity index (χ1n) is 20.7. The second kappa shape index (κ2) is 17.1. The van der Waals surface area contributed by atoms with Gasteiger partial charge in [-0.3, -0.25) is 24.0 Å². The van der Waals surface area contributed by atoms with Crippen LogP contribution in [0.2, 0.25) is 0 Å². The highest BCUT2D eigenvalue weighted by molar-refractivity contribution is 7.91. The molecule has 334 valence electrons. The van der Waals surface area contributed by atoms with Crippen LogP contribution in [0, 0.1) is 17.8 Å². The number of ether oxygens (including phenoxy) is 3. The van der Waals surface area contributed by atoms with Gasteiger partial charge in [-0.1, -0.05) is 26.0 Å². The maximum absolute atomic E-state index is 15.0. The minimum absolute atomic E-state index is 0.0562. The molecule has 4 fully saturated rings. The van der Waals surface area contributed by atoms with Gasteiger partial charge in [0.25, 0.3) is 5.91 Å². The molecule has 1 aromatic carbocycles. The summed E-state index contributed by atoms with van der Waals surface area (Å²) < 4.78 is 88.9. The Morgan fingerprint density at radius 3 is 2.49 bits per heavy atom. The number of halogens is 3. The topological polar surface area (TPSA) is 197 Å². The van der Waals surface area contributed by atoms with E-state index < -0.39 is 86.9 Å². The standard InChI is InChI=1S/C41H53F3N6O10S/c1-23-7-5-6-8-27-21-40(27,38(53)47-61(56,57)30-10-11-30)46-35(51)32-20-29(22-49(32)37(52)34(24(2)17-23)50(39(54)55)25(3)41(42,43)44)60-36-31-12-9-28(58-4)18-26(31)19-33(45-36)48-13-15-59-16-14-48/h6,8-9,12,18-19,23-25,27,29-30,32,34H,5,7,10-11,13-17,20-22H2,1-4H3,(H,46,51)(H,47,53)(H,54,55)/b8-6-/t23-,24+,25+,27+,29+,32-,34-,40+/m0/s1. The van der Waals surface area contributed by atoms with Gasteiger partial charge in [0.15, 0.2) is 0 Å². The number of carbonyl (C=O) groups is 4. The number of anilines is 1. The number of methoxy groups -OCH3 is 1. The predicted octanol–water partition coefficient (Wildman–Crippen LogP) is 4.22. The van der Waals surface area contributed by atoms with E-state index >= 15 is 4.79 Å². The van der Waals surface area contributed by atoms with Gasteiger partial charge >= 0.3 is 12.3 Å². The Bertz CT molecular complexity index is 2170. The van der Waals surface area contributed by atoms with Crippen LogP contribution in [-0.4, -0.2) is 133 Å². The van der Waals surface area contributed by atoms with Gasteiger partial charge in [-0.15, -0.1) is 0 Å². The first-order valence-corrected chi connectivity index (χ1v) is 22.3. The van der Waals surface area contributed by atoms with Crippen molar-refractivity contribution in [1.29, 1.82) is 0 Å². The van der Waals surface area contributed by atoms with E-state index in [4.69, 9.17) is 19.2 Å². The van der Waals surface area contributed by atoms with Gasteiger partial charge in [-0.25, -0.2) is 13.2 Å². The predicted molar refractivity (Wildman–Crippen MR) is 215 cm³/mol. The Kier molecular flexibility index (Phi) is 12.4. The van der Waals surface area contributed by atoms with Gasteiger partial charge in [0.05, 0.1) is 32.1 Å². The van der Waals surface area contributed by atoms with Crippen LogP contribution in [0.4, 0.5) is 23.8 Å². The fraction of sp³-hybridized carbons (Fsp3) is 0.634. The summed E-state index contributed by atoms with van der Waals surface area (Å²) in [6, 6.07) is 1.18. The fourth-order valence-corrected chi connectivity index (χ4v) is 10.2. The number of nitrogens with one attached hydrogen (secondary N) is 2. The zero-order chi connectivity index (χ0) is 44.0. The van der Waals surface area contributed by atoms with E-state index in [1.165, 1.54) is 14.0 Å². The number of rotatable bonds is 9. The minimum Gasteiger partial charge on any atom is -0.497 e. The minimum atomic E-state index is -5.04. The van der Waals surface area contributed by atoms with Crippen molar-refractivity contribution in [2.45, 2.75) is 107 Å². The number of sulfonamides is 1. The number of hydrogen-bond acceptors (Lipinski definition) is 11. The average Bonchev–Trinajstić information content (AvgIpc) is 4.14. The molecule has 0 unspecified atom stereocenters. The van der Waals surface area contributed by atoms with Crippen molar-refractivity contribution in [2.75, 3.05) is 44.9 Å². The number of carboxylic acid groups (broad SMARTS) is 1. The van der Waals surface area contributed by atoms with Crippen LogP contribution in [0.25, 0.3) is 10.8 Å². The number of carbonyl (C=O) groups excluding carboxylic acids is 3. The van der Waals surface area contributed by atoms with E-state index in [0.29, 0.717) is 81.3 Å². The van der Waals surface area contributed by atoms with Gasteiger partial charge in [0, 0.05) is 30.8 Å². The summed E-state index contributed by atoms with van der Waals surface area (Å²) in [6.45, 7) is 5.71. The van der Waals surface area contributed by atoms with Crippen LogP contribution < -0.4 is 24.4 Å². The van der Waals surface area contributed by atoms with Crippen molar-refractivity contribution >= 4 is 50.4 Å². The summed E-state index contributed by atoms with van der Waals surface area (Å²) >= 11 is 0. The van der Waals surface area contributed by atoms with Crippen molar-refractivity contribution in [3.8, 4) is 11.6 Å². The Labute approximate surface area is 352 Å². The maximum atomic E-state index is 15.0. The molecule has 2 aliphatic carbocycles. The maximum Gasteiger partial charge on any atom is 0.408 e. The molecule has 0 spiro atoms. The molecular formula is C41H53F3N6O10S. The Morgan fingerprint density at radius 2 is 1.84 bits per heavy atom. The molecule has 4 amide bonds. The highest BCUT2D eigenvalue weighted by Gasteiger charge is 2.62. The molecule has 0 radical (unpaired) electrons. The number of nitrogens with zero attached hydrogens (tertiary/aromatic N) is 4. The van der Waals surface area contributed by atoms with E-state index in [1.54, 1.807) is 24.3 Å². The van der Waals surface area contributed by atoms with E-state index in [-0.39, 0.29) is 42.5 Å². The molecule has 7 rings (SSSR count). The molecule has 20 heteroatoms. The number of morpholine rings is 1. The molecule has 0 bridgehead atoms. The third-order valence-electron chi connectivity index (χ3n) is 12.6. The second-order valence-corrected chi connectivity index (χ2v) is 19.0. The van der Waals surface area contributed by atoms with Gasteiger partial charge in [-0.2, -0.15) is 18.2 Å². The summed E-state index contributed by atoms with van der Waals surface area (Å²) in [6.07, 6.45) is -2.70. The average molecular weight is 879 g/mol. The summed E-state index contributed by atoms with van der Waals surface area (Å²) in [5, 5.41) is 13.7. The normalized spacial score (nSPS) is 29.9. The van der Waals surface area contributed by atoms with E-state index in [2.05, 4.69) is 10.0 Å². The summed E-state index contributed by atoms with van der Waals surface area (Å²) in [5.74, 6) is -3.30. The van der Waals surface area contributed by atoms with Crippen LogP contribution in [0.15, 0.2) is 36.4 Å². The number of benzene rings is 1. The third kappa shape index (κ3) is 9.34. The molecular weight excluding hydrogens is 826 g/mol. The molecule has 1 aromatic heterocycles. The van der Waals surface area contributed by atoms with Crippen LogP contribution in [0.5, 0.6) is 11.6 Å². The lowest BCUT2D eigenvalue weighted by molar-refractivity contribution is -0.184. The molecule has 2 aromatic rings. The van der Waals surface area contributed by atoms with Crippen LogP contribution in [-0.2, 0) is 29.1 Å². The lowest BCUT2D eigenvalue weighted by Crippen LogP contribution is -2.62. The van der Waals surface area contributed by atoms with E-state index in [0.717, 1.165) is 4.90 Å². The van der Waals surface area contributed by atoms with Crippen molar-refractivity contribution in [3.05, 3.63) is 36.4 Å².